The first-order valence-electron chi connectivity index (χ1n) is 9.38. The topological polar surface area (TPSA) is 54.5 Å². The normalized spacial score (nSPS) is 13.7. The molecule has 1 fully saturated rings. The molecule has 1 saturated heterocycles. The van der Waals surface area contributed by atoms with Crippen molar-refractivity contribution in [1.29, 1.82) is 0 Å². The van der Waals surface area contributed by atoms with Crippen LogP contribution in [0.4, 0.5) is 5.82 Å². The molecular formula is C22H23N3O2. The SMILES string of the molecule is O=C(COc1cccc2ccc(N3CCCC3)nc12)NCc1ccccc1. The molecule has 0 radical (unpaired) electrons. The Hall–Kier alpha value is -3.08. The first-order valence-corrected chi connectivity index (χ1v) is 9.38. The summed E-state index contributed by atoms with van der Waals surface area (Å²) in [6, 6.07) is 19.8. The van der Waals surface area contributed by atoms with E-state index >= 15 is 0 Å². The Kier molecular flexibility index (Phi) is 5.19. The van der Waals surface area contributed by atoms with Gasteiger partial charge in [-0.05, 0) is 36.6 Å². The second-order valence-corrected chi connectivity index (χ2v) is 6.74. The number of para-hydroxylation sites is 1. The molecule has 138 valence electrons. The van der Waals surface area contributed by atoms with Crippen molar-refractivity contribution in [3.63, 3.8) is 0 Å². The molecule has 0 aliphatic carbocycles. The van der Waals surface area contributed by atoms with E-state index in [2.05, 4.69) is 22.3 Å². The third kappa shape index (κ3) is 4.19. The second kappa shape index (κ2) is 8.08. The van der Waals surface area contributed by atoms with Crippen LogP contribution in [0.25, 0.3) is 10.9 Å². The van der Waals surface area contributed by atoms with Crippen LogP contribution < -0.4 is 15.0 Å². The van der Waals surface area contributed by atoms with E-state index in [-0.39, 0.29) is 12.5 Å². The lowest BCUT2D eigenvalue weighted by Crippen LogP contribution is -2.28. The average Bonchev–Trinajstić information content (AvgIpc) is 3.26. The summed E-state index contributed by atoms with van der Waals surface area (Å²) < 4.78 is 5.79. The van der Waals surface area contributed by atoms with Crippen molar-refractivity contribution >= 4 is 22.6 Å². The first-order chi connectivity index (χ1) is 13.3. The Morgan fingerprint density at radius 2 is 1.81 bits per heavy atom. The van der Waals surface area contributed by atoms with Crippen LogP contribution in [-0.4, -0.2) is 30.6 Å². The van der Waals surface area contributed by atoms with Gasteiger partial charge in [-0.2, -0.15) is 0 Å². The predicted octanol–water partition coefficient (Wildman–Crippen LogP) is 3.53. The van der Waals surface area contributed by atoms with Crippen molar-refractivity contribution in [3.05, 3.63) is 66.2 Å². The van der Waals surface area contributed by atoms with Crippen LogP contribution in [0.1, 0.15) is 18.4 Å². The average molecular weight is 361 g/mol. The fourth-order valence-corrected chi connectivity index (χ4v) is 3.34. The number of nitrogens with one attached hydrogen (secondary N) is 1. The van der Waals surface area contributed by atoms with Crippen LogP contribution in [0.5, 0.6) is 5.75 Å². The Morgan fingerprint density at radius 1 is 1.00 bits per heavy atom. The monoisotopic (exact) mass is 361 g/mol. The van der Waals surface area contributed by atoms with Crippen molar-refractivity contribution < 1.29 is 9.53 Å². The fraction of sp³-hybridized carbons (Fsp3) is 0.273. The number of rotatable bonds is 6. The maximum Gasteiger partial charge on any atom is 0.258 e. The Bertz CT molecular complexity index is 921. The summed E-state index contributed by atoms with van der Waals surface area (Å²) in [4.78, 5) is 19.2. The lowest BCUT2D eigenvalue weighted by Gasteiger charge is -2.17. The molecule has 1 N–H and O–H groups in total. The number of anilines is 1. The van der Waals surface area contributed by atoms with Crippen molar-refractivity contribution in [1.82, 2.24) is 10.3 Å². The summed E-state index contributed by atoms with van der Waals surface area (Å²) in [7, 11) is 0. The van der Waals surface area contributed by atoms with Gasteiger partial charge >= 0.3 is 0 Å². The largest absolute Gasteiger partial charge is 0.481 e. The molecule has 2 aromatic carbocycles. The van der Waals surface area contributed by atoms with Crippen molar-refractivity contribution in [2.75, 3.05) is 24.6 Å². The minimum Gasteiger partial charge on any atom is -0.481 e. The van der Waals surface area contributed by atoms with Crippen LogP contribution in [0, 0.1) is 0 Å². The molecule has 0 saturated carbocycles. The van der Waals surface area contributed by atoms with Crippen LogP contribution in [0.15, 0.2) is 60.7 Å². The fourth-order valence-electron chi connectivity index (χ4n) is 3.34. The van der Waals surface area contributed by atoms with Gasteiger partial charge in [0.05, 0.1) is 0 Å². The third-order valence-electron chi connectivity index (χ3n) is 4.79. The van der Waals surface area contributed by atoms with Gasteiger partial charge in [0.25, 0.3) is 5.91 Å². The summed E-state index contributed by atoms with van der Waals surface area (Å²) in [5.41, 5.74) is 1.87. The second-order valence-electron chi connectivity index (χ2n) is 6.74. The van der Waals surface area contributed by atoms with Crippen molar-refractivity contribution in [3.8, 4) is 5.75 Å². The highest BCUT2D eigenvalue weighted by molar-refractivity contribution is 5.86. The minimum atomic E-state index is -0.147. The van der Waals surface area contributed by atoms with Gasteiger partial charge < -0.3 is 15.0 Å². The number of nitrogens with zero attached hydrogens (tertiary/aromatic N) is 2. The first kappa shape index (κ1) is 17.3. The molecule has 0 bridgehead atoms. The lowest BCUT2D eigenvalue weighted by atomic mass is 10.2. The molecule has 3 aromatic rings. The van der Waals surface area contributed by atoms with Gasteiger partial charge in [0.1, 0.15) is 17.1 Å². The molecule has 27 heavy (non-hydrogen) atoms. The maximum absolute atomic E-state index is 12.1. The standard InChI is InChI=1S/C22H23N3O2/c26-21(23-15-17-7-2-1-3-8-17)16-27-19-10-6-9-18-11-12-20(24-22(18)19)25-13-4-5-14-25/h1-3,6-12H,4-5,13-16H2,(H,23,26). The molecule has 0 unspecified atom stereocenters. The van der Waals surface area contributed by atoms with Crippen molar-refractivity contribution in [2.24, 2.45) is 0 Å². The van der Waals surface area contributed by atoms with E-state index in [4.69, 9.17) is 9.72 Å². The zero-order valence-corrected chi connectivity index (χ0v) is 15.2. The van der Waals surface area contributed by atoms with Crippen LogP contribution in [-0.2, 0) is 11.3 Å². The predicted molar refractivity (Wildman–Crippen MR) is 107 cm³/mol. The Labute approximate surface area is 159 Å². The van der Waals surface area contributed by atoms with E-state index in [9.17, 15) is 4.79 Å². The van der Waals surface area contributed by atoms with E-state index in [1.54, 1.807) is 0 Å². The zero-order valence-electron chi connectivity index (χ0n) is 15.2. The number of amides is 1. The molecular weight excluding hydrogens is 338 g/mol. The van der Waals surface area contributed by atoms with E-state index < -0.39 is 0 Å². The number of hydrogen-bond acceptors (Lipinski definition) is 4. The summed E-state index contributed by atoms with van der Waals surface area (Å²) in [5, 5.41) is 3.89. The Balaban J connectivity index is 1.43. The molecule has 5 heteroatoms. The smallest absolute Gasteiger partial charge is 0.258 e. The highest BCUT2D eigenvalue weighted by atomic mass is 16.5. The summed E-state index contributed by atoms with van der Waals surface area (Å²) in [6.07, 6.45) is 2.42. The minimum absolute atomic E-state index is 0.0262. The van der Waals surface area contributed by atoms with Crippen LogP contribution in [0.2, 0.25) is 0 Å². The van der Waals surface area contributed by atoms with E-state index in [0.717, 1.165) is 35.4 Å². The maximum atomic E-state index is 12.1. The summed E-state index contributed by atoms with van der Waals surface area (Å²) in [5.74, 6) is 1.47. The van der Waals surface area contributed by atoms with Crippen molar-refractivity contribution in [2.45, 2.75) is 19.4 Å². The summed E-state index contributed by atoms with van der Waals surface area (Å²) in [6.45, 7) is 2.56. The third-order valence-corrected chi connectivity index (χ3v) is 4.79. The van der Waals surface area contributed by atoms with Gasteiger partial charge in [-0.3, -0.25) is 4.79 Å². The van der Waals surface area contributed by atoms with E-state index in [1.807, 2.05) is 48.5 Å². The van der Waals surface area contributed by atoms with Gasteiger partial charge in [0, 0.05) is 25.0 Å². The molecule has 1 aromatic heterocycles. The molecule has 5 nitrogen and oxygen atoms in total. The Morgan fingerprint density at radius 3 is 2.63 bits per heavy atom. The van der Waals surface area contributed by atoms with E-state index in [0.29, 0.717) is 12.3 Å². The number of ether oxygens (including phenoxy) is 1. The number of aromatic nitrogens is 1. The molecule has 2 heterocycles. The molecule has 4 rings (SSSR count). The molecule has 1 aliphatic rings. The highest BCUT2D eigenvalue weighted by Gasteiger charge is 2.15. The van der Waals surface area contributed by atoms with Gasteiger partial charge in [0.2, 0.25) is 0 Å². The van der Waals surface area contributed by atoms with Gasteiger partial charge in [-0.1, -0.05) is 42.5 Å². The van der Waals surface area contributed by atoms with Crippen LogP contribution >= 0.6 is 0 Å². The quantitative estimate of drug-likeness (QED) is 0.730. The molecule has 1 amide bonds. The highest BCUT2D eigenvalue weighted by Crippen LogP contribution is 2.27. The number of pyridine rings is 1. The van der Waals surface area contributed by atoms with Gasteiger partial charge in [-0.15, -0.1) is 0 Å². The number of carbonyl (C=O) groups is 1. The number of benzene rings is 2. The number of fused-ring (bicyclic) bond motifs is 1. The number of carbonyl (C=O) groups excluding carboxylic acids is 1. The van der Waals surface area contributed by atoms with Crippen LogP contribution in [0.3, 0.4) is 0 Å². The van der Waals surface area contributed by atoms with E-state index in [1.165, 1.54) is 12.8 Å². The van der Waals surface area contributed by atoms with Gasteiger partial charge in [0.15, 0.2) is 6.61 Å². The summed E-state index contributed by atoms with van der Waals surface area (Å²) >= 11 is 0. The lowest BCUT2D eigenvalue weighted by molar-refractivity contribution is -0.123. The zero-order chi connectivity index (χ0) is 18.5. The molecule has 1 aliphatic heterocycles. The number of hydrogen-bond donors (Lipinski definition) is 1. The molecule has 0 spiro atoms. The molecule has 0 atom stereocenters. The van der Waals surface area contributed by atoms with Gasteiger partial charge in [-0.25, -0.2) is 4.98 Å².